The second-order valence-electron chi connectivity index (χ2n) is 4.93. The molecule has 0 saturated carbocycles. The standard InChI is InChI=1S/C16H17N3O2S/c1-10-7-11(2)9-12(8-10)17-16(22)19-18-15(21)13-5-3-4-6-14(13)20/h3-9,20H,1-2H3,(H,18,21)(H2,17,19,22). The lowest BCUT2D eigenvalue weighted by Crippen LogP contribution is -2.43. The maximum atomic E-state index is 11.9. The van der Waals surface area contributed by atoms with Gasteiger partial charge in [0.1, 0.15) is 5.75 Å². The van der Waals surface area contributed by atoms with E-state index in [0.29, 0.717) is 0 Å². The van der Waals surface area contributed by atoms with E-state index in [1.54, 1.807) is 12.1 Å². The van der Waals surface area contributed by atoms with Gasteiger partial charge >= 0.3 is 0 Å². The Labute approximate surface area is 134 Å². The van der Waals surface area contributed by atoms with Gasteiger partial charge < -0.3 is 10.4 Å². The highest BCUT2D eigenvalue weighted by Gasteiger charge is 2.10. The molecule has 4 N–H and O–H groups in total. The molecule has 0 fully saturated rings. The van der Waals surface area contributed by atoms with Crippen LogP contribution in [0.1, 0.15) is 21.5 Å². The van der Waals surface area contributed by atoms with Crippen molar-refractivity contribution in [3.63, 3.8) is 0 Å². The third-order valence-electron chi connectivity index (χ3n) is 2.92. The highest BCUT2D eigenvalue weighted by molar-refractivity contribution is 7.80. The minimum absolute atomic E-state index is 0.0880. The molecule has 0 aromatic heterocycles. The highest BCUT2D eigenvalue weighted by atomic mass is 32.1. The minimum atomic E-state index is -0.470. The van der Waals surface area contributed by atoms with Crippen LogP contribution in [0.2, 0.25) is 0 Å². The number of benzene rings is 2. The second-order valence-corrected chi connectivity index (χ2v) is 5.34. The monoisotopic (exact) mass is 315 g/mol. The van der Waals surface area contributed by atoms with Crippen LogP contribution >= 0.6 is 12.2 Å². The van der Waals surface area contributed by atoms with E-state index in [4.69, 9.17) is 12.2 Å². The predicted octanol–water partition coefficient (Wildman–Crippen LogP) is 2.64. The number of carbonyl (C=O) groups is 1. The van der Waals surface area contributed by atoms with Gasteiger partial charge in [-0.2, -0.15) is 0 Å². The molecule has 0 heterocycles. The molecule has 0 aliphatic heterocycles. The number of aromatic hydroxyl groups is 1. The van der Waals surface area contributed by atoms with Crippen molar-refractivity contribution in [1.82, 2.24) is 10.9 Å². The molecule has 114 valence electrons. The van der Waals surface area contributed by atoms with Crippen LogP contribution in [-0.4, -0.2) is 16.1 Å². The Morgan fingerprint density at radius 3 is 2.32 bits per heavy atom. The van der Waals surface area contributed by atoms with Crippen LogP contribution in [0.4, 0.5) is 5.69 Å². The third-order valence-corrected chi connectivity index (χ3v) is 3.12. The zero-order chi connectivity index (χ0) is 16.1. The Morgan fingerprint density at radius 1 is 1.05 bits per heavy atom. The molecule has 5 nitrogen and oxygen atoms in total. The predicted molar refractivity (Wildman–Crippen MR) is 90.8 cm³/mol. The van der Waals surface area contributed by atoms with Crippen molar-refractivity contribution in [3.8, 4) is 5.75 Å². The van der Waals surface area contributed by atoms with E-state index in [1.807, 2.05) is 26.0 Å². The number of amides is 1. The van der Waals surface area contributed by atoms with E-state index in [2.05, 4.69) is 22.2 Å². The molecule has 0 saturated heterocycles. The molecule has 0 spiro atoms. The van der Waals surface area contributed by atoms with Crippen LogP contribution in [0, 0.1) is 13.8 Å². The minimum Gasteiger partial charge on any atom is -0.507 e. The smallest absolute Gasteiger partial charge is 0.273 e. The van der Waals surface area contributed by atoms with Gasteiger partial charge in [-0.05, 0) is 61.5 Å². The van der Waals surface area contributed by atoms with Crippen molar-refractivity contribution in [3.05, 3.63) is 59.2 Å². The molecular weight excluding hydrogens is 298 g/mol. The number of phenolic OH excluding ortho intramolecular Hbond substituents is 1. The summed E-state index contributed by atoms with van der Waals surface area (Å²) in [6.07, 6.45) is 0. The zero-order valence-electron chi connectivity index (χ0n) is 12.3. The number of thiocarbonyl (C=S) groups is 1. The van der Waals surface area contributed by atoms with Crippen molar-refractivity contribution in [2.45, 2.75) is 13.8 Å². The number of aryl methyl sites for hydroxylation is 2. The van der Waals surface area contributed by atoms with Crippen LogP contribution in [0.5, 0.6) is 5.75 Å². The van der Waals surface area contributed by atoms with E-state index < -0.39 is 5.91 Å². The fraction of sp³-hybridized carbons (Fsp3) is 0.125. The number of phenols is 1. The average molecular weight is 315 g/mol. The van der Waals surface area contributed by atoms with Crippen LogP contribution in [0.15, 0.2) is 42.5 Å². The number of anilines is 1. The lowest BCUT2D eigenvalue weighted by molar-refractivity contribution is 0.0941. The second kappa shape index (κ2) is 6.91. The van der Waals surface area contributed by atoms with Gasteiger partial charge in [-0.1, -0.05) is 18.2 Å². The van der Waals surface area contributed by atoms with Gasteiger partial charge in [-0.25, -0.2) is 0 Å². The van der Waals surface area contributed by atoms with E-state index in [9.17, 15) is 9.90 Å². The average Bonchev–Trinajstić information content (AvgIpc) is 2.44. The molecule has 2 aromatic rings. The number of nitrogens with one attached hydrogen (secondary N) is 3. The first-order valence-corrected chi connectivity index (χ1v) is 7.10. The molecule has 22 heavy (non-hydrogen) atoms. The quantitative estimate of drug-likeness (QED) is 0.506. The molecule has 0 aliphatic rings. The number of hydrogen-bond donors (Lipinski definition) is 4. The number of rotatable bonds is 2. The normalized spacial score (nSPS) is 9.91. The summed E-state index contributed by atoms with van der Waals surface area (Å²) in [5.74, 6) is -0.558. The Bertz CT molecular complexity index is 696. The Kier molecular flexibility index (Phi) is 4.95. The van der Waals surface area contributed by atoms with Crippen molar-refractivity contribution < 1.29 is 9.90 Å². The van der Waals surface area contributed by atoms with Crippen molar-refractivity contribution in [1.29, 1.82) is 0 Å². The molecular formula is C16H17N3O2S. The summed E-state index contributed by atoms with van der Waals surface area (Å²) in [4.78, 5) is 11.9. The van der Waals surface area contributed by atoms with Gasteiger partial charge in [0.15, 0.2) is 5.11 Å². The Hall–Kier alpha value is -2.60. The summed E-state index contributed by atoms with van der Waals surface area (Å²) < 4.78 is 0. The Balaban J connectivity index is 1.93. The van der Waals surface area contributed by atoms with E-state index in [-0.39, 0.29) is 16.4 Å². The number of hydrogen-bond acceptors (Lipinski definition) is 3. The molecule has 6 heteroatoms. The molecule has 0 bridgehead atoms. The maximum absolute atomic E-state index is 11.9. The number of carbonyl (C=O) groups excluding carboxylic acids is 1. The van der Waals surface area contributed by atoms with Crippen LogP contribution in [0.25, 0.3) is 0 Å². The van der Waals surface area contributed by atoms with E-state index in [1.165, 1.54) is 12.1 Å². The summed E-state index contributed by atoms with van der Waals surface area (Å²) in [6.45, 7) is 3.99. The molecule has 2 aromatic carbocycles. The van der Waals surface area contributed by atoms with E-state index >= 15 is 0 Å². The summed E-state index contributed by atoms with van der Waals surface area (Å²) in [6, 6.07) is 12.2. The van der Waals surface area contributed by atoms with Crippen LogP contribution in [-0.2, 0) is 0 Å². The molecule has 2 rings (SSSR count). The van der Waals surface area contributed by atoms with Gasteiger partial charge in [0.25, 0.3) is 5.91 Å². The summed E-state index contributed by atoms with van der Waals surface area (Å²) in [5, 5.41) is 12.9. The first-order chi connectivity index (χ1) is 10.5. The number of para-hydroxylation sites is 1. The fourth-order valence-electron chi connectivity index (χ4n) is 2.06. The lowest BCUT2D eigenvalue weighted by atomic mass is 10.1. The van der Waals surface area contributed by atoms with Crippen molar-refractivity contribution in [2.75, 3.05) is 5.32 Å². The van der Waals surface area contributed by atoms with Crippen LogP contribution in [0.3, 0.4) is 0 Å². The summed E-state index contributed by atoms with van der Waals surface area (Å²) in [7, 11) is 0. The zero-order valence-corrected chi connectivity index (χ0v) is 13.1. The first-order valence-electron chi connectivity index (χ1n) is 6.69. The van der Waals surface area contributed by atoms with Crippen molar-refractivity contribution >= 4 is 28.9 Å². The summed E-state index contributed by atoms with van der Waals surface area (Å²) >= 11 is 5.12. The third kappa shape index (κ3) is 4.20. The van der Waals surface area contributed by atoms with Gasteiger partial charge in [-0.15, -0.1) is 0 Å². The largest absolute Gasteiger partial charge is 0.507 e. The molecule has 0 atom stereocenters. The maximum Gasteiger partial charge on any atom is 0.273 e. The SMILES string of the molecule is Cc1cc(C)cc(NC(=S)NNC(=O)c2ccccc2O)c1. The van der Waals surface area contributed by atoms with Gasteiger partial charge in [0.2, 0.25) is 0 Å². The molecule has 0 unspecified atom stereocenters. The van der Waals surface area contributed by atoms with Crippen molar-refractivity contribution in [2.24, 2.45) is 0 Å². The van der Waals surface area contributed by atoms with Gasteiger partial charge in [-0.3, -0.25) is 15.6 Å². The number of hydrazine groups is 1. The summed E-state index contributed by atoms with van der Waals surface area (Å²) in [5.41, 5.74) is 8.28. The molecule has 0 radical (unpaired) electrons. The fourth-order valence-corrected chi connectivity index (χ4v) is 2.22. The molecule has 0 aliphatic carbocycles. The van der Waals surface area contributed by atoms with E-state index in [0.717, 1.165) is 16.8 Å². The first kappa shape index (κ1) is 15.8. The van der Waals surface area contributed by atoms with Gasteiger partial charge in [0, 0.05) is 5.69 Å². The van der Waals surface area contributed by atoms with Crippen LogP contribution < -0.4 is 16.2 Å². The topological polar surface area (TPSA) is 73.4 Å². The molecule has 1 amide bonds. The van der Waals surface area contributed by atoms with Gasteiger partial charge in [0.05, 0.1) is 5.56 Å². The Morgan fingerprint density at radius 2 is 1.68 bits per heavy atom. The lowest BCUT2D eigenvalue weighted by Gasteiger charge is -2.13. The highest BCUT2D eigenvalue weighted by Crippen LogP contribution is 2.15.